The third-order valence-corrected chi connectivity index (χ3v) is 2.82. The SMILES string of the molecule is CCc1ccc(CNCC2CCOC2)o1. The maximum atomic E-state index is 5.60. The maximum absolute atomic E-state index is 5.60. The molecular formula is C12H19NO2. The van der Waals surface area contributed by atoms with E-state index in [0.717, 1.165) is 44.2 Å². The fourth-order valence-corrected chi connectivity index (χ4v) is 1.85. The van der Waals surface area contributed by atoms with E-state index in [9.17, 15) is 0 Å². The van der Waals surface area contributed by atoms with Crippen molar-refractivity contribution >= 4 is 0 Å². The quantitative estimate of drug-likeness (QED) is 0.805. The molecule has 1 fully saturated rings. The lowest BCUT2D eigenvalue weighted by Crippen LogP contribution is -2.22. The number of rotatable bonds is 5. The van der Waals surface area contributed by atoms with Crippen molar-refractivity contribution in [2.75, 3.05) is 19.8 Å². The summed E-state index contributed by atoms with van der Waals surface area (Å²) in [5.41, 5.74) is 0. The van der Waals surface area contributed by atoms with Crippen molar-refractivity contribution in [3.63, 3.8) is 0 Å². The van der Waals surface area contributed by atoms with E-state index in [-0.39, 0.29) is 0 Å². The zero-order valence-electron chi connectivity index (χ0n) is 9.29. The van der Waals surface area contributed by atoms with Gasteiger partial charge in [0.15, 0.2) is 0 Å². The van der Waals surface area contributed by atoms with Crippen molar-refractivity contribution in [2.24, 2.45) is 5.92 Å². The lowest BCUT2D eigenvalue weighted by Gasteiger charge is -2.07. The summed E-state index contributed by atoms with van der Waals surface area (Å²) in [6.07, 6.45) is 2.15. The lowest BCUT2D eigenvalue weighted by molar-refractivity contribution is 0.185. The third kappa shape index (κ3) is 3.08. The van der Waals surface area contributed by atoms with Crippen LogP contribution in [0.4, 0.5) is 0 Å². The summed E-state index contributed by atoms with van der Waals surface area (Å²) in [5.74, 6) is 2.78. The van der Waals surface area contributed by atoms with Crippen LogP contribution in [-0.2, 0) is 17.7 Å². The van der Waals surface area contributed by atoms with Crippen LogP contribution in [0.5, 0.6) is 0 Å². The standard InChI is InChI=1S/C12H19NO2/c1-2-11-3-4-12(15-11)8-13-7-10-5-6-14-9-10/h3-4,10,13H,2,5-9H2,1H3. The van der Waals surface area contributed by atoms with Gasteiger partial charge in [-0.25, -0.2) is 0 Å². The summed E-state index contributed by atoms with van der Waals surface area (Å²) in [6, 6.07) is 4.10. The van der Waals surface area contributed by atoms with E-state index in [1.54, 1.807) is 0 Å². The Morgan fingerprint density at radius 2 is 2.27 bits per heavy atom. The van der Waals surface area contributed by atoms with Crippen LogP contribution >= 0.6 is 0 Å². The van der Waals surface area contributed by atoms with E-state index in [1.807, 2.05) is 0 Å². The van der Waals surface area contributed by atoms with Crippen LogP contribution in [0.1, 0.15) is 24.9 Å². The minimum absolute atomic E-state index is 0.686. The summed E-state index contributed by atoms with van der Waals surface area (Å²) in [7, 11) is 0. The molecule has 84 valence electrons. The number of hydrogen-bond donors (Lipinski definition) is 1. The van der Waals surface area contributed by atoms with Gasteiger partial charge in [-0.05, 0) is 24.5 Å². The van der Waals surface area contributed by atoms with Gasteiger partial charge in [-0.15, -0.1) is 0 Å². The fraction of sp³-hybridized carbons (Fsp3) is 0.667. The van der Waals surface area contributed by atoms with E-state index in [1.165, 1.54) is 6.42 Å². The van der Waals surface area contributed by atoms with E-state index in [0.29, 0.717) is 5.92 Å². The summed E-state index contributed by atoms with van der Waals surface area (Å²) in [6.45, 7) is 5.79. The first-order chi connectivity index (χ1) is 7.38. The predicted molar refractivity (Wildman–Crippen MR) is 58.7 cm³/mol. The van der Waals surface area contributed by atoms with Gasteiger partial charge < -0.3 is 14.5 Å². The molecule has 0 aromatic carbocycles. The molecule has 0 amide bonds. The average molecular weight is 209 g/mol. The second-order valence-electron chi connectivity index (χ2n) is 4.08. The van der Waals surface area contributed by atoms with Crippen molar-refractivity contribution in [1.29, 1.82) is 0 Å². The average Bonchev–Trinajstić information content (AvgIpc) is 2.88. The molecule has 0 aliphatic carbocycles. The molecule has 1 aliphatic rings. The molecule has 1 N–H and O–H groups in total. The Morgan fingerprint density at radius 1 is 1.40 bits per heavy atom. The molecule has 1 atom stereocenters. The first-order valence-electron chi connectivity index (χ1n) is 5.74. The van der Waals surface area contributed by atoms with Gasteiger partial charge in [0, 0.05) is 19.6 Å². The van der Waals surface area contributed by atoms with Gasteiger partial charge in [0.1, 0.15) is 11.5 Å². The van der Waals surface area contributed by atoms with E-state index >= 15 is 0 Å². The van der Waals surface area contributed by atoms with Gasteiger partial charge in [0.25, 0.3) is 0 Å². The molecule has 0 bridgehead atoms. The van der Waals surface area contributed by atoms with Crippen molar-refractivity contribution in [2.45, 2.75) is 26.3 Å². The summed E-state index contributed by atoms with van der Waals surface area (Å²) < 4.78 is 10.9. The van der Waals surface area contributed by atoms with Crippen molar-refractivity contribution in [3.05, 3.63) is 23.7 Å². The lowest BCUT2D eigenvalue weighted by atomic mass is 10.1. The van der Waals surface area contributed by atoms with Crippen LogP contribution in [0.2, 0.25) is 0 Å². The zero-order valence-corrected chi connectivity index (χ0v) is 9.29. The third-order valence-electron chi connectivity index (χ3n) is 2.82. The summed E-state index contributed by atoms with van der Waals surface area (Å²) in [4.78, 5) is 0. The van der Waals surface area contributed by atoms with Gasteiger partial charge >= 0.3 is 0 Å². The summed E-state index contributed by atoms with van der Waals surface area (Å²) >= 11 is 0. The smallest absolute Gasteiger partial charge is 0.117 e. The minimum Gasteiger partial charge on any atom is -0.465 e. The Bertz CT molecular complexity index is 290. The molecule has 0 radical (unpaired) electrons. The number of nitrogens with one attached hydrogen (secondary N) is 1. The predicted octanol–water partition coefficient (Wildman–Crippen LogP) is 1.97. The van der Waals surface area contributed by atoms with Gasteiger partial charge in [-0.1, -0.05) is 6.92 Å². The highest BCUT2D eigenvalue weighted by Gasteiger charge is 2.14. The Balaban J connectivity index is 1.68. The minimum atomic E-state index is 0.686. The van der Waals surface area contributed by atoms with Crippen LogP contribution in [0.25, 0.3) is 0 Å². The van der Waals surface area contributed by atoms with Gasteiger partial charge in [0.05, 0.1) is 13.2 Å². The molecule has 2 rings (SSSR count). The van der Waals surface area contributed by atoms with E-state index in [2.05, 4.69) is 24.4 Å². The topological polar surface area (TPSA) is 34.4 Å². The summed E-state index contributed by atoms with van der Waals surface area (Å²) in [5, 5.41) is 3.41. The molecule has 1 aliphatic heterocycles. The Kier molecular flexibility index (Phi) is 3.80. The molecule has 0 spiro atoms. The molecule has 3 nitrogen and oxygen atoms in total. The number of hydrogen-bond acceptors (Lipinski definition) is 3. The van der Waals surface area contributed by atoms with Crippen molar-refractivity contribution < 1.29 is 9.15 Å². The fourth-order valence-electron chi connectivity index (χ4n) is 1.85. The van der Waals surface area contributed by atoms with Crippen LogP contribution in [-0.4, -0.2) is 19.8 Å². The molecule has 3 heteroatoms. The van der Waals surface area contributed by atoms with Crippen LogP contribution in [0.3, 0.4) is 0 Å². The van der Waals surface area contributed by atoms with Gasteiger partial charge in [-0.2, -0.15) is 0 Å². The second kappa shape index (κ2) is 5.33. The number of ether oxygens (including phenoxy) is 1. The molecule has 1 saturated heterocycles. The molecule has 2 heterocycles. The first-order valence-corrected chi connectivity index (χ1v) is 5.74. The zero-order chi connectivity index (χ0) is 10.5. The molecule has 1 unspecified atom stereocenters. The Morgan fingerprint density at radius 3 is 2.93 bits per heavy atom. The molecule has 15 heavy (non-hydrogen) atoms. The van der Waals surface area contributed by atoms with Crippen LogP contribution in [0, 0.1) is 5.92 Å². The monoisotopic (exact) mass is 209 g/mol. The molecule has 0 saturated carbocycles. The normalized spacial score (nSPS) is 21.0. The number of furan rings is 1. The first kappa shape index (κ1) is 10.7. The number of aryl methyl sites for hydroxylation is 1. The van der Waals surface area contributed by atoms with E-state index < -0.39 is 0 Å². The largest absolute Gasteiger partial charge is 0.465 e. The molecule has 1 aromatic heterocycles. The molecule has 1 aromatic rings. The Labute approximate surface area is 90.8 Å². The van der Waals surface area contributed by atoms with Crippen molar-refractivity contribution in [3.8, 4) is 0 Å². The van der Waals surface area contributed by atoms with Gasteiger partial charge in [0.2, 0.25) is 0 Å². The Hall–Kier alpha value is -0.800. The second-order valence-corrected chi connectivity index (χ2v) is 4.08. The maximum Gasteiger partial charge on any atom is 0.117 e. The van der Waals surface area contributed by atoms with E-state index in [4.69, 9.17) is 9.15 Å². The van der Waals surface area contributed by atoms with Crippen LogP contribution in [0.15, 0.2) is 16.5 Å². The highest BCUT2D eigenvalue weighted by Crippen LogP contribution is 2.12. The molecular weight excluding hydrogens is 190 g/mol. The van der Waals surface area contributed by atoms with Crippen LogP contribution < -0.4 is 5.32 Å². The van der Waals surface area contributed by atoms with Gasteiger partial charge in [-0.3, -0.25) is 0 Å². The van der Waals surface area contributed by atoms with Crippen molar-refractivity contribution in [1.82, 2.24) is 5.32 Å². The highest BCUT2D eigenvalue weighted by atomic mass is 16.5. The highest BCUT2D eigenvalue weighted by molar-refractivity contribution is 5.06.